The molecule has 1 aromatic heterocycles. The maximum Gasteiger partial charge on any atom is 0.132 e. The van der Waals surface area contributed by atoms with Crippen LogP contribution in [0.15, 0.2) is 30.6 Å². The van der Waals surface area contributed by atoms with Crippen molar-refractivity contribution in [1.29, 1.82) is 0 Å². The SMILES string of the molecule is Fc1cc(Cl)cc2cnccc12. The third-order valence-corrected chi connectivity index (χ3v) is 1.89. The third-order valence-electron chi connectivity index (χ3n) is 1.67. The molecule has 2 rings (SSSR count). The molecule has 1 aromatic carbocycles. The zero-order valence-corrected chi connectivity index (χ0v) is 6.85. The Balaban J connectivity index is 2.89. The fraction of sp³-hybridized carbons (Fsp3) is 0. The van der Waals surface area contributed by atoms with Crippen LogP contribution in [0, 0.1) is 5.82 Å². The quantitative estimate of drug-likeness (QED) is 0.609. The van der Waals surface area contributed by atoms with Crippen molar-refractivity contribution >= 4 is 22.4 Å². The van der Waals surface area contributed by atoms with Gasteiger partial charge in [0.25, 0.3) is 0 Å². The van der Waals surface area contributed by atoms with E-state index >= 15 is 0 Å². The molecular formula is C9H5ClFN. The highest BCUT2D eigenvalue weighted by molar-refractivity contribution is 6.31. The molecule has 0 N–H and O–H groups in total. The molecule has 0 amide bonds. The van der Waals surface area contributed by atoms with E-state index < -0.39 is 0 Å². The average molecular weight is 182 g/mol. The zero-order chi connectivity index (χ0) is 8.55. The van der Waals surface area contributed by atoms with Crippen molar-refractivity contribution in [2.45, 2.75) is 0 Å². The van der Waals surface area contributed by atoms with Crippen molar-refractivity contribution in [3.63, 3.8) is 0 Å². The van der Waals surface area contributed by atoms with E-state index in [2.05, 4.69) is 4.98 Å². The first-order chi connectivity index (χ1) is 5.77. The number of halogens is 2. The molecule has 0 fully saturated rings. The van der Waals surface area contributed by atoms with E-state index in [0.717, 1.165) is 5.39 Å². The average Bonchev–Trinajstić information content (AvgIpc) is 2.04. The Kier molecular flexibility index (Phi) is 1.70. The summed E-state index contributed by atoms with van der Waals surface area (Å²) in [5.74, 6) is -0.306. The number of hydrogen-bond donors (Lipinski definition) is 0. The lowest BCUT2D eigenvalue weighted by atomic mass is 10.2. The van der Waals surface area contributed by atoms with Crippen molar-refractivity contribution in [1.82, 2.24) is 4.98 Å². The number of nitrogens with zero attached hydrogens (tertiary/aromatic N) is 1. The molecule has 2 aromatic rings. The summed E-state index contributed by atoms with van der Waals surface area (Å²) in [6.45, 7) is 0. The summed E-state index contributed by atoms with van der Waals surface area (Å²) in [6.07, 6.45) is 3.14. The minimum absolute atomic E-state index is 0.306. The van der Waals surface area contributed by atoms with Gasteiger partial charge in [0, 0.05) is 28.2 Å². The Morgan fingerprint density at radius 1 is 1.33 bits per heavy atom. The second-order valence-corrected chi connectivity index (χ2v) is 2.92. The predicted molar refractivity (Wildman–Crippen MR) is 46.7 cm³/mol. The summed E-state index contributed by atoms with van der Waals surface area (Å²) < 4.78 is 13.1. The molecule has 0 spiro atoms. The zero-order valence-electron chi connectivity index (χ0n) is 6.09. The second-order valence-electron chi connectivity index (χ2n) is 2.48. The van der Waals surface area contributed by atoms with Crippen LogP contribution in [-0.4, -0.2) is 4.98 Å². The van der Waals surface area contributed by atoms with E-state index in [-0.39, 0.29) is 5.82 Å². The number of fused-ring (bicyclic) bond motifs is 1. The van der Waals surface area contributed by atoms with Crippen LogP contribution in [0.3, 0.4) is 0 Å². The Labute approximate surface area is 73.8 Å². The molecule has 0 bridgehead atoms. The summed E-state index contributed by atoms with van der Waals surface area (Å²) in [5.41, 5.74) is 0. The highest BCUT2D eigenvalue weighted by Gasteiger charge is 2.00. The van der Waals surface area contributed by atoms with Crippen molar-refractivity contribution in [2.24, 2.45) is 0 Å². The van der Waals surface area contributed by atoms with Crippen LogP contribution < -0.4 is 0 Å². The van der Waals surface area contributed by atoms with Gasteiger partial charge >= 0.3 is 0 Å². The summed E-state index contributed by atoms with van der Waals surface area (Å²) in [6, 6.07) is 4.61. The van der Waals surface area contributed by atoms with E-state index in [1.54, 1.807) is 24.5 Å². The van der Waals surface area contributed by atoms with Gasteiger partial charge in [-0.25, -0.2) is 4.39 Å². The van der Waals surface area contributed by atoms with Gasteiger partial charge in [-0.15, -0.1) is 0 Å². The van der Waals surface area contributed by atoms with Gasteiger partial charge in [-0.05, 0) is 18.2 Å². The Hall–Kier alpha value is -1.15. The molecule has 0 aliphatic rings. The highest BCUT2D eigenvalue weighted by atomic mass is 35.5. The lowest BCUT2D eigenvalue weighted by molar-refractivity contribution is 0.640. The standard InChI is InChI=1S/C9H5ClFN/c10-7-3-6-5-12-2-1-8(6)9(11)4-7/h1-5H. The Morgan fingerprint density at radius 2 is 2.17 bits per heavy atom. The van der Waals surface area contributed by atoms with E-state index in [1.807, 2.05) is 0 Å². The van der Waals surface area contributed by atoms with Crippen LogP contribution in [0.25, 0.3) is 10.8 Å². The van der Waals surface area contributed by atoms with Crippen molar-refractivity contribution in [3.05, 3.63) is 41.4 Å². The third kappa shape index (κ3) is 1.14. The molecule has 0 saturated carbocycles. The Morgan fingerprint density at radius 3 is 3.00 bits per heavy atom. The normalized spacial score (nSPS) is 10.5. The predicted octanol–water partition coefficient (Wildman–Crippen LogP) is 3.03. The molecule has 0 aliphatic carbocycles. The van der Waals surface area contributed by atoms with Gasteiger partial charge in [-0.3, -0.25) is 4.98 Å². The van der Waals surface area contributed by atoms with Crippen LogP contribution in [-0.2, 0) is 0 Å². The molecule has 1 heterocycles. The topological polar surface area (TPSA) is 12.9 Å². The van der Waals surface area contributed by atoms with E-state index in [1.165, 1.54) is 6.07 Å². The second kappa shape index (κ2) is 2.72. The lowest BCUT2D eigenvalue weighted by Crippen LogP contribution is -1.80. The number of benzene rings is 1. The van der Waals surface area contributed by atoms with Crippen molar-refractivity contribution < 1.29 is 4.39 Å². The van der Waals surface area contributed by atoms with Crippen LogP contribution in [0.4, 0.5) is 4.39 Å². The van der Waals surface area contributed by atoms with Gasteiger partial charge in [0.15, 0.2) is 0 Å². The van der Waals surface area contributed by atoms with Crippen LogP contribution in [0.5, 0.6) is 0 Å². The first kappa shape index (κ1) is 7.50. The molecule has 60 valence electrons. The first-order valence-electron chi connectivity index (χ1n) is 3.46. The molecule has 12 heavy (non-hydrogen) atoms. The van der Waals surface area contributed by atoms with Crippen molar-refractivity contribution in [3.8, 4) is 0 Å². The molecule has 0 saturated heterocycles. The lowest BCUT2D eigenvalue weighted by Gasteiger charge is -1.98. The molecule has 1 nitrogen and oxygen atoms in total. The monoisotopic (exact) mass is 181 g/mol. The number of rotatable bonds is 0. The van der Waals surface area contributed by atoms with Gasteiger partial charge in [0.2, 0.25) is 0 Å². The fourth-order valence-corrected chi connectivity index (χ4v) is 1.34. The number of hydrogen-bond acceptors (Lipinski definition) is 1. The maximum absolute atomic E-state index is 13.1. The largest absolute Gasteiger partial charge is 0.264 e. The van der Waals surface area contributed by atoms with Crippen LogP contribution in [0.1, 0.15) is 0 Å². The minimum atomic E-state index is -0.306. The summed E-state index contributed by atoms with van der Waals surface area (Å²) in [5, 5.41) is 1.67. The maximum atomic E-state index is 13.1. The van der Waals surface area contributed by atoms with Crippen molar-refractivity contribution in [2.75, 3.05) is 0 Å². The molecular weight excluding hydrogens is 177 g/mol. The van der Waals surface area contributed by atoms with Gasteiger partial charge in [-0.2, -0.15) is 0 Å². The molecule has 0 radical (unpaired) electrons. The smallest absolute Gasteiger partial charge is 0.132 e. The molecule has 3 heteroatoms. The molecule has 0 atom stereocenters. The van der Waals surface area contributed by atoms with Gasteiger partial charge < -0.3 is 0 Å². The van der Waals surface area contributed by atoms with Gasteiger partial charge in [-0.1, -0.05) is 11.6 Å². The summed E-state index contributed by atoms with van der Waals surface area (Å²) >= 11 is 5.66. The summed E-state index contributed by atoms with van der Waals surface area (Å²) in [4.78, 5) is 3.87. The van der Waals surface area contributed by atoms with E-state index in [9.17, 15) is 4.39 Å². The van der Waals surface area contributed by atoms with Crippen LogP contribution >= 0.6 is 11.6 Å². The first-order valence-corrected chi connectivity index (χ1v) is 3.84. The number of pyridine rings is 1. The summed E-state index contributed by atoms with van der Waals surface area (Å²) in [7, 11) is 0. The van der Waals surface area contributed by atoms with Crippen LogP contribution in [0.2, 0.25) is 5.02 Å². The minimum Gasteiger partial charge on any atom is -0.264 e. The molecule has 0 aliphatic heterocycles. The van der Waals surface area contributed by atoms with E-state index in [4.69, 9.17) is 11.6 Å². The highest BCUT2D eigenvalue weighted by Crippen LogP contribution is 2.21. The number of aromatic nitrogens is 1. The van der Waals surface area contributed by atoms with Gasteiger partial charge in [0.05, 0.1) is 0 Å². The van der Waals surface area contributed by atoms with E-state index in [0.29, 0.717) is 10.4 Å². The fourth-order valence-electron chi connectivity index (χ4n) is 1.13. The Bertz CT molecular complexity index is 428. The molecule has 0 unspecified atom stereocenters. The van der Waals surface area contributed by atoms with Gasteiger partial charge in [0.1, 0.15) is 5.82 Å².